The Bertz CT molecular complexity index is 446. The van der Waals surface area contributed by atoms with Gasteiger partial charge in [0.05, 0.1) is 0 Å². The molecular weight excluding hydrogens is 504 g/mol. The fourth-order valence-electron chi connectivity index (χ4n) is 7.12. The molecule has 0 atom stereocenters. The molecule has 0 bridgehead atoms. The van der Waals surface area contributed by atoms with Crippen LogP contribution in [0.5, 0.6) is 0 Å². The minimum absolute atomic E-state index is 1.32. The van der Waals surface area contributed by atoms with Gasteiger partial charge in [0.15, 0.2) is 0 Å². The monoisotopic (exact) mass is 587 g/mol. The summed E-state index contributed by atoms with van der Waals surface area (Å²) in [6.07, 6.45) is 64.0. The molecule has 0 aromatic carbocycles. The van der Waals surface area contributed by atoms with E-state index >= 15 is 0 Å². The Hall–Kier alpha value is -0.260. The zero-order valence-corrected chi connectivity index (χ0v) is 29.4. The number of hydrogen-bond acceptors (Lipinski definition) is 0. The highest BCUT2D eigenvalue weighted by atomic mass is 14.0. The van der Waals surface area contributed by atoms with Gasteiger partial charge in [-0.05, 0) is 25.7 Å². The fourth-order valence-corrected chi connectivity index (χ4v) is 7.12. The number of allylic oxidation sites excluding steroid dienone is 2. The Balaban J connectivity index is 2.03. The second-order valence-corrected chi connectivity index (χ2v) is 14.5. The van der Waals surface area contributed by atoms with E-state index in [-0.39, 0.29) is 0 Å². The molecule has 0 heterocycles. The minimum Gasteiger partial charge on any atom is -0.0885 e. The van der Waals surface area contributed by atoms with Gasteiger partial charge in [0.2, 0.25) is 0 Å². The summed E-state index contributed by atoms with van der Waals surface area (Å²) in [4.78, 5) is 0. The lowest BCUT2D eigenvalue weighted by Gasteiger charge is -2.05. The molecule has 1 aliphatic rings. The third-order valence-corrected chi connectivity index (χ3v) is 10.2. The van der Waals surface area contributed by atoms with E-state index in [1.165, 1.54) is 257 Å². The van der Waals surface area contributed by atoms with Crippen molar-refractivity contribution in [1.82, 2.24) is 0 Å². The van der Waals surface area contributed by atoms with Crippen LogP contribution >= 0.6 is 0 Å². The van der Waals surface area contributed by atoms with Crippen LogP contribution in [-0.2, 0) is 0 Å². The average Bonchev–Trinajstić information content (AvgIpc) is 3.00. The molecule has 0 aliphatic heterocycles. The summed E-state index contributed by atoms with van der Waals surface area (Å²) in [6.45, 7) is 0. The first kappa shape index (κ1) is 39.8. The molecule has 0 N–H and O–H groups in total. The topological polar surface area (TPSA) is 0 Å². The summed E-state index contributed by atoms with van der Waals surface area (Å²) in [6, 6.07) is 0. The molecule has 0 saturated heterocycles. The Morgan fingerprint density at radius 3 is 0.333 bits per heavy atom. The predicted octanol–water partition coefficient (Wildman–Crippen LogP) is 16.2. The van der Waals surface area contributed by atoms with E-state index in [1.807, 2.05) is 0 Å². The van der Waals surface area contributed by atoms with Crippen molar-refractivity contribution in [2.45, 2.75) is 257 Å². The summed E-state index contributed by atoms with van der Waals surface area (Å²) < 4.78 is 0. The van der Waals surface area contributed by atoms with Crippen molar-refractivity contribution < 1.29 is 0 Å². The van der Waals surface area contributed by atoms with Crippen LogP contribution in [0.1, 0.15) is 257 Å². The van der Waals surface area contributed by atoms with Crippen molar-refractivity contribution in [2.75, 3.05) is 0 Å². The van der Waals surface area contributed by atoms with Gasteiger partial charge in [-0.1, -0.05) is 243 Å². The van der Waals surface area contributed by atoms with Crippen LogP contribution in [0.4, 0.5) is 0 Å². The normalized spacial score (nSPS) is 23.6. The van der Waals surface area contributed by atoms with Gasteiger partial charge in [0.25, 0.3) is 0 Å². The first-order valence-electron chi connectivity index (χ1n) is 20.6. The molecule has 1 rings (SSSR count). The molecule has 0 saturated carbocycles. The summed E-state index contributed by atoms with van der Waals surface area (Å²) in [5.41, 5.74) is 0. The first-order valence-corrected chi connectivity index (χ1v) is 20.6. The first-order chi connectivity index (χ1) is 21.0. The summed E-state index contributed by atoms with van der Waals surface area (Å²) in [5.74, 6) is 0. The lowest BCUT2D eigenvalue weighted by atomic mass is 10.0. The van der Waals surface area contributed by atoms with Crippen molar-refractivity contribution >= 4 is 0 Å². The zero-order chi connectivity index (χ0) is 29.7. The van der Waals surface area contributed by atoms with Crippen LogP contribution in [0.25, 0.3) is 0 Å². The van der Waals surface area contributed by atoms with E-state index in [0.717, 1.165) is 0 Å². The van der Waals surface area contributed by atoms with E-state index in [2.05, 4.69) is 12.2 Å². The van der Waals surface area contributed by atoms with E-state index in [9.17, 15) is 0 Å². The Kier molecular flexibility index (Phi) is 35.0. The molecule has 0 spiro atoms. The van der Waals surface area contributed by atoms with Gasteiger partial charge >= 0.3 is 0 Å². The molecule has 0 nitrogen and oxygen atoms in total. The SMILES string of the molecule is C1=CCCCCCCCCCCCCCCCCCCCCCCCCCCCCCCCCCCCCCCCC1. The Morgan fingerprint density at radius 2 is 0.214 bits per heavy atom. The van der Waals surface area contributed by atoms with Crippen molar-refractivity contribution in [2.24, 2.45) is 0 Å². The number of rotatable bonds is 0. The van der Waals surface area contributed by atoms with Crippen LogP contribution < -0.4 is 0 Å². The zero-order valence-electron chi connectivity index (χ0n) is 29.4. The van der Waals surface area contributed by atoms with Crippen LogP contribution in [0.3, 0.4) is 0 Å². The maximum atomic E-state index is 2.47. The molecule has 0 unspecified atom stereocenters. The predicted molar refractivity (Wildman–Crippen MR) is 194 cm³/mol. The van der Waals surface area contributed by atoms with Crippen LogP contribution in [0.2, 0.25) is 0 Å². The summed E-state index contributed by atoms with van der Waals surface area (Å²) in [5, 5.41) is 0. The summed E-state index contributed by atoms with van der Waals surface area (Å²) in [7, 11) is 0. The third kappa shape index (κ3) is 34.2. The lowest BCUT2D eigenvalue weighted by molar-refractivity contribution is 0.509. The van der Waals surface area contributed by atoms with Gasteiger partial charge in [-0.3, -0.25) is 0 Å². The van der Waals surface area contributed by atoms with Crippen LogP contribution in [0, 0.1) is 0 Å². The molecule has 0 aromatic rings. The molecule has 42 heavy (non-hydrogen) atoms. The van der Waals surface area contributed by atoms with Crippen molar-refractivity contribution in [3.05, 3.63) is 12.2 Å². The van der Waals surface area contributed by atoms with Crippen molar-refractivity contribution in [1.29, 1.82) is 0 Å². The van der Waals surface area contributed by atoms with E-state index in [0.29, 0.717) is 0 Å². The van der Waals surface area contributed by atoms with E-state index in [4.69, 9.17) is 0 Å². The standard InChI is InChI=1S/C42H82/c1-2-4-6-8-10-12-14-16-18-20-22-24-26-28-30-32-34-36-38-40-42-41-39-37-35-33-31-29-27-25-23-21-19-17-15-13-11-9-7-5-3-1/h1-2H,3-42H2. The molecular formula is C42H82. The Morgan fingerprint density at radius 1 is 0.119 bits per heavy atom. The van der Waals surface area contributed by atoms with Crippen LogP contribution in [0.15, 0.2) is 12.2 Å². The number of hydrogen-bond donors (Lipinski definition) is 0. The molecule has 0 radical (unpaired) electrons. The van der Waals surface area contributed by atoms with E-state index in [1.54, 1.807) is 0 Å². The second kappa shape index (κ2) is 36.9. The van der Waals surface area contributed by atoms with Gasteiger partial charge in [0, 0.05) is 0 Å². The van der Waals surface area contributed by atoms with Gasteiger partial charge in [-0.2, -0.15) is 0 Å². The van der Waals surface area contributed by atoms with Gasteiger partial charge in [-0.15, -0.1) is 0 Å². The van der Waals surface area contributed by atoms with Crippen molar-refractivity contribution in [3.8, 4) is 0 Å². The molecule has 1 aliphatic carbocycles. The largest absolute Gasteiger partial charge is 0.0885 e. The molecule has 0 aromatic heterocycles. The average molecular weight is 587 g/mol. The Labute approximate surface area is 268 Å². The van der Waals surface area contributed by atoms with Crippen LogP contribution in [-0.4, -0.2) is 0 Å². The highest BCUT2D eigenvalue weighted by molar-refractivity contribution is 4.81. The third-order valence-electron chi connectivity index (χ3n) is 10.2. The maximum Gasteiger partial charge on any atom is -0.0351 e. The fraction of sp³-hybridized carbons (Fsp3) is 0.952. The quantitative estimate of drug-likeness (QED) is 0.248. The highest BCUT2D eigenvalue weighted by Gasteiger charge is 1.98. The van der Waals surface area contributed by atoms with Gasteiger partial charge in [-0.25, -0.2) is 0 Å². The molecule has 0 amide bonds. The van der Waals surface area contributed by atoms with Gasteiger partial charge in [0.1, 0.15) is 0 Å². The second-order valence-electron chi connectivity index (χ2n) is 14.5. The summed E-state index contributed by atoms with van der Waals surface area (Å²) >= 11 is 0. The lowest BCUT2D eigenvalue weighted by Crippen LogP contribution is -1.85. The molecule has 250 valence electrons. The van der Waals surface area contributed by atoms with Crippen molar-refractivity contribution in [3.63, 3.8) is 0 Å². The van der Waals surface area contributed by atoms with Gasteiger partial charge < -0.3 is 0 Å². The maximum absolute atomic E-state index is 2.47. The van der Waals surface area contributed by atoms with E-state index < -0.39 is 0 Å². The smallest absolute Gasteiger partial charge is 0.0351 e. The highest BCUT2D eigenvalue weighted by Crippen LogP contribution is 2.18. The molecule has 0 heteroatoms. The molecule has 0 fully saturated rings. The minimum atomic E-state index is 1.32.